The van der Waals surface area contributed by atoms with Gasteiger partial charge >= 0.3 is 5.97 Å². The first-order valence-electron chi connectivity index (χ1n) is 6.77. The van der Waals surface area contributed by atoms with Crippen LogP contribution >= 0.6 is 15.9 Å². The monoisotopic (exact) mass is 336 g/mol. The van der Waals surface area contributed by atoms with Gasteiger partial charge in [0.25, 0.3) is 0 Å². The molecule has 20 heavy (non-hydrogen) atoms. The molecule has 0 radical (unpaired) electrons. The molecule has 5 heteroatoms. The first kappa shape index (κ1) is 14.9. The first-order chi connectivity index (χ1) is 9.61. The fourth-order valence-electron chi connectivity index (χ4n) is 2.65. The molecule has 0 heterocycles. The highest BCUT2D eigenvalue weighted by Gasteiger charge is 2.25. The standard InChI is InChI=1S/C15H17BrN2O2/c16-13-2-1-3-14(12(13)8-17)18-9-10-4-6-11(7-5-10)15(19)20/h1-3,10-11,18H,4-7,9H2,(H,19,20). The van der Waals surface area contributed by atoms with Gasteiger partial charge in [-0.15, -0.1) is 0 Å². The van der Waals surface area contributed by atoms with Crippen LogP contribution in [-0.4, -0.2) is 17.6 Å². The van der Waals surface area contributed by atoms with Crippen LogP contribution in [-0.2, 0) is 4.79 Å². The number of anilines is 1. The molecule has 1 saturated carbocycles. The number of halogens is 1. The van der Waals surface area contributed by atoms with Crippen LogP contribution in [0.3, 0.4) is 0 Å². The second-order valence-corrected chi connectivity index (χ2v) is 6.07. The van der Waals surface area contributed by atoms with Crippen LogP contribution in [0.2, 0.25) is 0 Å². The van der Waals surface area contributed by atoms with E-state index < -0.39 is 5.97 Å². The van der Waals surface area contributed by atoms with Crippen molar-refractivity contribution in [3.05, 3.63) is 28.2 Å². The maximum atomic E-state index is 10.9. The van der Waals surface area contributed by atoms with E-state index in [2.05, 4.69) is 27.3 Å². The average Bonchev–Trinajstić information content (AvgIpc) is 2.45. The summed E-state index contributed by atoms with van der Waals surface area (Å²) in [6.07, 6.45) is 3.37. The van der Waals surface area contributed by atoms with Crippen molar-refractivity contribution in [2.45, 2.75) is 25.7 Å². The molecule has 4 nitrogen and oxygen atoms in total. The number of nitrogens with one attached hydrogen (secondary N) is 1. The number of carboxylic acids is 1. The zero-order chi connectivity index (χ0) is 14.5. The molecule has 0 bridgehead atoms. The molecule has 0 saturated heterocycles. The Hall–Kier alpha value is -1.54. The van der Waals surface area contributed by atoms with Gasteiger partial charge in [-0.05, 0) is 59.7 Å². The number of hydrogen-bond donors (Lipinski definition) is 2. The summed E-state index contributed by atoms with van der Waals surface area (Å²) in [6.45, 7) is 0.789. The lowest BCUT2D eigenvalue weighted by Gasteiger charge is -2.26. The Bertz CT molecular complexity index is 531. The Labute approximate surface area is 126 Å². The van der Waals surface area contributed by atoms with Crippen molar-refractivity contribution in [1.82, 2.24) is 0 Å². The summed E-state index contributed by atoms with van der Waals surface area (Å²) < 4.78 is 0.791. The molecule has 1 aromatic carbocycles. The number of nitrogens with zero attached hydrogens (tertiary/aromatic N) is 1. The topological polar surface area (TPSA) is 73.1 Å². The average molecular weight is 337 g/mol. The highest BCUT2D eigenvalue weighted by Crippen LogP contribution is 2.30. The molecule has 0 unspecified atom stereocenters. The van der Waals surface area contributed by atoms with E-state index >= 15 is 0 Å². The van der Waals surface area contributed by atoms with Gasteiger partial charge in [0.05, 0.1) is 17.2 Å². The van der Waals surface area contributed by atoms with E-state index in [4.69, 9.17) is 10.4 Å². The Morgan fingerprint density at radius 1 is 1.40 bits per heavy atom. The number of hydrogen-bond acceptors (Lipinski definition) is 3. The number of nitriles is 1. The summed E-state index contributed by atoms with van der Waals surface area (Å²) in [5.74, 6) is -0.363. The number of carboxylic acid groups (broad SMARTS) is 1. The second kappa shape index (κ2) is 6.76. The smallest absolute Gasteiger partial charge is 0.306 e. The Kier molecular flexibility index (Phi) is 5.02. The Morgan fingerprint density at radius 2 is 2.10 bits per heavy atom. The zero-order valence-corrected chi connectivity index (χ0v) is 12.7. The molecule has 106 valence electrons. The molecule has 0 amide bonds. The molecule has 0 aliphatic heterocycles. The summed E-state index contributed by atoms with van der Waals surface area (Å²) in [5.41, 5.74) is 1.45. The molecule has 0 atom stereocenters. The van der Waals surface area contributed by atoms with Crippen molar-refractivity contribution in [2.75, 3.05) is 11.9 Å². The second-order valence-electron chi connectivity index (χ2n) is 5.21. The van der Waals surface area contributed by atoms with Gasteiger partial charge in [-0.1, -0.05) is 6.07 Å². The summed E-state index contributed by atoms with van der Waals surface area (Å²) >= 11 is 3.37. The van der Waals surface area contributed by atoms with Gasteiger partial charge in [0, 0.05) is 11.0 Å². The van der Waals surface area contributed by atoms with Crippen molar-refractivity contribution in [1.29, 1.82) is 5.26 Å². The summed E-state index contributed by atoms with van der Waals surface area (Å²) in [7, 11) is 0. The minimum Gasteiger partial charge on any atom is -0.481 e. The first-order valence-corrected chi connectivity index (χ1v) is 7.56. The highest BCUT2D eigenvalue weighted by molar-refractivity contribution is 9.10. The third-order valence-corrected chi connectivity index (χ3v) is 4.56. The summed E-state index contributed by atoms with van der Waals surface area (Å²) in [4.78, 5) is 10.9. The van der Waals surface area contributed by atoms with Crippen molar-refractivity contribution in [3.63, 3.8) is 0 Å². The molecule has 1 fully saturated rings. The minimum absolute atomic E-state index is 0.174. The van der Waals surface area contributed by atoms with E-state index in [0.29, 0.717) is 11.5 Å². The third kappa shape index (κ3) is 3.51. The van der Waals surface area contributed by atoms with E-state index in [1.54, 1.807) is 0 Å². The van der Waals surface area contributed by atoms with Crippen LogP contribution in [0, 0.1) is 23.2 Å². The Morgan fingerprint density at radius 3 is 2.70 bits per heavy atom. The van der Waals surface area contributed by atoms with Crippen molar-refractivity contribution < 1.29 is 9.90 Å². The molecule has 0 aromatic heterocycles. The lowest BCUT2D eigenvalue weighted by Crippen LogP contribution is -2.25. The summed E-state index contributed by atoms with van der Waals surface area (Å²) in [5, 5.41) is 21.4. The number of carbonyl (C=O) groups is 1. The fraction of sp³-hybridized carbons (Fsp3) is 0.467. The van der Waals surface area contributed by atoms with Crippen LogP contribution < -0.4 is 5.32 Å². The van der Waals surface area contributed by atoms with E-state index in [9.17, 15) is 4.79 Å². The number of aliphatic carboxylic acids is 1. The maximum Gasteiger partial charge on any atom is 0.306 e. The predicted molar refractivity (Wildman–Crippen MR) is 80.4 cm³/mol. The van der Waals surface area contributed by atoms with Gasteiger partial charge in [0.1, 0.15) is 6.07 Å². The minimum atomic E-state index is -0.671. The molecular formula is C15H17BrN2O2. The van der Waals surface area contributed by atoms with Crippen LogP contribution in [0.1, 0.15) is 31.2 Å². The summed E-state index contributed by atoms with van der Waals surface area (Å²) in [6, 6.07) is 7.83. The Balaban J connectivity index is 1.90. The van der Waals surface area contributed by atoms with Gasteiger partial charge in [-0.3, -0.25) is 4.79 Å². The molecule has 2 N–H and O–H groups in total. The molecule has 0 spiro atoms. The number of benzene rings is 1. The molecular weight excluding hydrogens is 320 g/mol. The lowest BCUT2D eigenvalue weighted by atomic mass is 9.82. The van der Waals surface area contributed by atoms with Gasteiger partial charge in [-0.25, -0.2) is 0 Å². The van der Waals surface area contributed by atoms with Gasteiger partial charge in [0.15, 0.2) is 0 Å². The predicted octanol–water partition coefficient (Wildman–Crippen LogP) is 3.62. The van der Waals surface area contributed by atoms with Gasteiger partial charge in [0.2, 0.25) is 0 Å². The van der Waals surface area contributed by atoms with Crippen molar-refractivity contribution in [3.8, 4) is 6.07 Å². The van der Waals surface area contributed by atoms with E-state index in [0.717, 1.165) is 42.4 Å². The van der Waals surface area contributed by atoms with E-state index in [1.807, 2.05) is 18.2 Å². The fourth-order valence-corrected chi connectivity index (χ4v) is 3.11. The van der Waals surface area contributed by atoms with Gasteiger partial charge in [-0.2, -0.15) is 5.26 Å². The van der Waals surface area contributed by atoms with Crippen molar-refractivity contribution >= 4 is 27.6 Å². The largest absolute Gasteiger partial charge is 0.481 e. The van der Waals surface area contributed by atoms with E-state index in [-0.39, 0.29) is 5.92 Å². The quantitative estimate of drug-likeness (QED) is 0.880. The van der Waals surface area contributed by atoms with Crippen LogP contribution in [0.4, 0.5) is 5.69 Å². The maximum absolute atomic E-state index is 10.9. The molecule has 1 aromatic rings. The van der Waals surface area contributed by atoms with Crippen LogP contribution in [0.15, 0.2) is 22.7 Å². The van der Waals surface area contributed by atoms with Gasteiger partial charge < -0.3 is 10.4 Å². The SMILES string of the molecule is N#Cc1c(Br)cccc1NCC1CCC(C(=O)O)CC1. The highest BCUT2D eigenvalue weighted by atomic mass is 79.9. The van der Waals surface area contributed by atoms with E-state index in [1.165, 1.54) is 0 Å². The number of rotatable bonds is 4. The molecule has 1 aliphatic carbocycles. The molecule has 2 rings (SSSR count). The van der Waals surface area contributed by atoms with Crippen LogP contribution in [0.5, 0.6) is 0 Å². The van der Waals surface area contributed by atoms with Crippen molar-refractivity contribution in [2.24, 2.45) is 11.8 Å². The molecule has 1 aliphatic rings. The lowest BCUT2D eigenvalue weighted by molar-refractivity contribution is -0.143. The van der Waals surface area contributed by atoms with Crippen LogP contribution in [0.25, 0.3) is 0 Å². The normalized spacial score (nSPS) is 22.0. The zero-order valence-electron chi connectivity index (χ0n) is 11.1. The third-order valence-electron chi connectivity index (χ3n) is 3.90.